The number of hydrogen-bond acceptors (Lipinski definition) is 3. The number of carbonyl (C=O) groups excluding carboxylic acids is 1. The highest BCUT2D eigenvalue weighted by Gasteiger charge is 2.30. The average Bonchev–Trinajstić information content (AvgIpc) is 2.39. The van der Waals surface area contributed by atoms with Gasteiger partial charge in [-0.2, -0.15) is 5.26 Å². The highest BCUT2D eigenvalue weighted by Crippen LogP contribution is 2.27. The predicted octanol–water partition coefficient (Wildman–Crippen LogP) is 3.43. The molecule has 1 atom stereocenters. The van der Waals surface area contributed by atoms with Crippen LogP contribution in [0.25, 0.3) is 0 Å². The number of ether oxygens (including phenoxy) is 1. The number of halogens is 2. The molecule has 1 N–H and O–H groups in total. The summed E-state index contributed by atoms with van der Waals surface area (Å²) >= 11 is 11.7. The molecule has 0 aliphatic heterocycles. The summed E-state index contributed by atoms with van der Waals surface area (Å²) in [6.45, 7) is 5.16. The van der Waals surface area contributed by atoms with Crippen LogP contribution in [0.5, 0.6) is 5.75 Å². The lowest BCUT2D eigenvalue weighted by Gasteiger charge is -2.27. The minimum absolute atomic E-state index is 0.0220. The normalized spacial score (nSPS) is 13.4. The fourth-order valence-corrected chi connectivity index (χ4v) is 1.69. The standard InChI is InChI=1S/C14H16Cl2N2O2/c1-9(2)14(3,8-17)18-13(19)7-20-12-6-10(15)4-5-11(12)16/h4-6,9H,7H2,1-3H3,(H,18,19)/t14-/m1/s1. The van der Waals surface area contributed by atoms with Crippen LogP contribution in [0.3, 0.4) is 0 Å². The Morgan fingerprint density at radius 3 is 2.70 bits per heavy atom. The van der Waals surface area contributed by atoms with Gasteiger partial charge in [0.15, 0.2) is 6.61 Å². The van der Waals surface area contributed by atoms with Crippen molar-refractivity contribution < 1.29 is 9.53 Å². The van der Waals surface area contributed by atoms with E-state index < -0.39 is 11.4 Å². The smallest absolute Gasteiger partial charge is 0.259 e. The molecule has 1 aromatic rings. The summed E-state index contributed by atoms with van der Waals surface area (Å²) in [6.07, 6.45) is 0. The molecule has 0 heterocycles. The maximum atomic E-state index is 11.8. The van der Waals surface area contributed by atoms with Gasteiger partial charge in [-0.3, -0.25) is 4.79 Å². The number of nitrogens with one attached hydrogen (secondary N) is 1. The quantitative estimate of drug-likeness (QED) is 0.905. The number of nitriles is 1. The second kappa shape index (κ2) is 6.83. The maximum absolute atomic E-state index is 11.8. The number of nitrogens with zero attached hydrogens (tertiary/aromatic N) is 1. The van der Waals surface area contributed by atoms with Crippen LogP contribution in [-0.4, -0.2) is 18.1 Å². The van der Waals surface area contributed by atoms with Gasteiger partial charge in [0.05, 0.1) is 11.1 Å². The van der Waals surface area contributed by atoms with Gasteiger partial charge in [0.1, 0.15) is 11.3 Å². The molecule has 0 aliphatic rings. The molecule has 0 spiro atoms. The van der Waals surface area contributed by atoms with Gasteiger partial charge in [-0.15, -0.1) is 0 Å². The van der Waals surface area contributed by atoms with E-state index in [2.05, 4.69) is 11.4 Å². The zero-order valence-corrected chi connectivity index (χ0v) is 13.0. The number of rotatable bonds is 5. The van der Waals surface area contributed by atoms with E-state index >= 15 is 0 Å². The Kier molecular flexibility index (Phi) is 5.67. The monoisotopic (exact) mass is 314 g/mol. The molecule has 20 heavy (non-hydrogen) atoms. The van der Waals surface area contributed by atoms with Crippen LogP contribution in [0, 0.1) is 17.2 Å². The first-order valence-corrected chi connectivity index (χ1v) is 6.84. The molecular formula is C14H16Cl2N2O2. The molecule has 0 bridgehead atoms. The molecule has 1 rings (SSSR count). The zero-order chi connectivity index (χ0) is 15.3. The Balaban J connectivity index is 2.65. The summed E-state index contributed by atoms with van der Waals surface area (Å²) in [4.78, 5) is 11.8. The number of amides is 1. The van der Waals surface area contributed by atoms with Crippen molar-refractivity contribution in [3.05, 3.63) is 28.2 Å². The van der Waals surface area contributed by atoms with E-state index in [0.29, 0.717) is 15.8 Å². The highest BCUT2D eigenvalue weighted by molar-refractivity contribution is 6.34. The summed E-state index contributed by atoms with van der Waals surface area (Å²) in [6, 6.07) is 6.84. The Hall–Kier alpha value is -1.44. The predicted molar refractivity (Wildman–Crippen MR) is 79.0 cm³/mol. The van der Waals surface area contributed by atoms with Crippen molar-refractivity contribution in [2.24, 2.45) is 5.92 Å². The first kappa shape index (κ1) is 16.6. The Morgan fingerprint density at radius 2 is 2.15 bits per heavy atom. The van der Waals surface area contributed by atoms with E-state index in [4.69, 9.17) is 33.2 Å². The first-order chi connectivity index (χ1) is 9.28. The van der Waals surface area contributed by atoms with E-state index in [1.54, 1.807) is 19.1 Å². The topological polar surface area (TPSA) is 62.1 Å². The Labute approximate surface area is 128 Å². The van der Waals surface area contributed by atoms with Gasteiger partial charge in [0, 0.05) is 11.1 Å². The van der Waals surface area contributed by atoms with Crippen LogP contribution in [0.4, 0.5) is 0 Å². The molecule has 0 radical (unpaired) electrons. The molecule has 0 unspecified atom stereocenters. The van der Waals surface area contributed by atoms with Crippen molar-refractivity contribution in [2.75, 3.05) is 6.61 Å². The molecule has 0 saturated heterocycles. The molecule has 0 fully saturated rings. The van der Waals surface area contributed by atoms with Gasteiger partial charge in [-0.25, -0.2) is 0 Å². The Bertz CT molecular complexity index is 540. The van der Waals surface area contributed by atoms with Crippen molar-refractivity contribution in [2.45, 2.75) is 26.3 Å². The van der Waals surface area contributed by atoms with E-state index in [9.17, 15) is 4.79 Å². The molecular weight excluding hydrogens is 299 g/mol. The minimum atomic E-state index is -0.932. The summed E-state index contributed by atoms with van der Waals surface area (Å²) in [5.41, 5.74) is -0.932. The molecule has 108 valence electrons. The average molecular weight is 315 g/mol. The lowest BCUT2D eigenvalue weighted by Crippen LogP contribution is -2.50. The fourth-order valence-electron chi connectivity index (χ4n) is 1.36. The number of benzene rings is 1. The van der Waals surface area contributed by atoms with Crippen LogP contribution >= 0.6 is 23.2 Å². The molecule has 4 nitrogen and oxygen atoms in total. The first-order valence-electron chi connectivity index (χ1n) is 6.08. The zero-order valence-electron chi connectivity index (χ0n) is 11.5. The highest BCUT2D eigenvalue weighted by atomic mass is 35.5. The van der Waals surface area contributed by atoms with Crippen molar-refractivity contribution in [1.29, 1.82) is 5.26 Å². The third-order valence-corrected chi connectivity index (χ3v) is 3.59. The van der Waals surface area contributed by atoms with Gasteiger partial charge in [0.2, 0.25) is 0 Å². The molecule has 1 aromatic carbocycles. The van der Waals surface area contributed by atoms with E-state index in [0.717, 1.165) is 0 Å². The molecule has 0 aromatic heterocycles. The largest absolute Gasteiger partial charge is 0.482 e. The van der Waals surface area contributed by atoms with Gasteiger partial charge in [0.25, 0.3) is 5.91 Å². The lowest BCUT2D eigenvalue weighted by atomic mass is 9.90. The van der Waals surface area contributed by atoms with E-state index in [1.165, 1.54) is 6.07 Å². The molecule has 1 amide bonds. The van der Waals surface area contributed by atoms with Crippen LogP contribution in [0.1, 0.15) is 20.8 Å². The summed E-state index contributed by atoms with van der Waals surface area (Å²) in [7, 11) is 0. The molecule has 6 heteroatoms. The van der Waals surface area contributed by atoms with Crippen molar-refractivity contribution in [1.82, 2.24) is 5.32 Å². The number of carbonyl (C=O) groups is 1. The molecule has 0 aliphatic carbocycles. The van der Waals surface area contributed by atoms with Crippen LogP contribution in [-0.2, 0) is 4.79 Å². The number of hydrogen-bond donors (Lipinski definition) is 1. The summed E-state index contributed by atoms with van der Waals surface area (Å²) in [5.74, 6) is -0.0810. The van der Waals surface area contributed by atoms with Gasteiger partial charge >= 0.3 is 0 Å². The third kappa shape index (κ3) is 4.29. The fraction of sp³-hybridized carbons (Fsp3) is 0.429. The maximum Gasteiger partial charge on any atom is 0.259 e. The van der Waals surface area contributed by atoms with E-state index in [-0.39, 0.29) is 12.5 Å². The van der Waals surface area contributed by atoms with Crippen molar-refractivity contribution in [3.8, 4) is 11.8 Å². The van der Waals surface area contributed by atoms with Gasteiger partial charge in [-0.1, -0.05) is 37.0 Å². The summed E-state index contributed by atoms with van der Waals surface area (Å²) < 4.78 is 5.31. The van der Waals surface area contributed by atoms with Crippen molar-refractivity contribution >= 4 is 29.1 Å². The van der Waals surface area contributed by atoms with Crippen LogP contribution in [0.15, 0.2) is 18.2 Å². The second-order valence-corrected chi connectivity index (χ2v) is 5.72. The third-order valence-electron chi connectivity index (χ3n) is 3.04. The second-order valence-electron chi connectivity index (χ2n) is 4.88. The van der Waals surface area contributed by atoms with Gasteiger partial charge < -0.3 is 10.1 Å². The summed E-state index contributed by atoms with van der Waals surface area (Å²) in [5, 5.41) is 12.6. The minimum Gasteiger partial charge on any atom is -0.482 e. The van der Waals surface area contributed by atoms with Gasteiger partial charge in [-0.05, 0) is 25.0 Å². The lowest BCUT2D eigenvalue weighted by molar-refractivity contribution is -0.124. The molecule has 0 saturated carbocycles. The SMILES string of the molecule is CC(C)[C@@](C)(C#N)NC(=O)COc1cc(Cl)ccc1Cl. The van der Waals surface area contributed by atoms with Crippen molar-refractivity contribution in [3.63, 3.8) is 0 Å². The van der Waals surface area contributed by atoms with E-state index in [1.807, 2.05) is 13.8 Å². The Morgan fingerprint density at radius 1 is 1.50 bits per heavy atom. The van der Waals surface area contributed by atoms with Crippen LogP contribution < -0.4 is 10.1 Å². The van der Waals surface area contributed by atoms with Crippen LogP contribution in [0.2, 0.25) is 10.0 Å².